The standard InChI is InChI=1S/C16H28O2/c1-3-15(18-2)7-5-4-6-12-8-9-13-10-14(17)11-16(12)13/h12-13,15-16H,3-11H2,1-2H3/t12-,13+,15?,16+/m0/s1. The van der Waals surface area contributed by atoms with Crippen LogP contribution in [0.3, 0.4) is 0 Å². The molecule has 2 heteroatoms. The van der Waals surface area contributed by atoms with E-state index in [4.69, 9.17) is 4.74 Å². The van der Waals surface area contributed by atoms with Crippen LogP contribution in [0, 0.1) is 17.8 Å². The number of ether oxygens (including phenoxy) is 1. The van der Waals surface area contributed by atoms with Crippen LogP contribution >= 0.6 is 0 Å². The third-order valence-electron chi connectivity index (χ3n) is 5.21. The van der Waals surface area contributed by atoms with Crippen molar-refractivity contribution >= 4 is 5.78 Å². The number of hydrogen-bond acceptors (Lipinski definition) is 2. The lowest BCUT2D eigenvalue weighted by Crippen LogP contribution is -2.11. The van der Waals surface area contributed by atoms with Gasteiger partial charge in [0.05, 0.1) is 6.10 Å². The predicted molar refractivity (Wildman–Crippen MR) is 73.5 cm³/mol. The van der Waals surface area contributed by atoms with Gasteiger partial charge in [0.25, 0.3) is 0 Å². The van der Waals surface area contributed by atoms with Gasteiger partial charge in [0.15, 0.2) is 0 Å². The number of Topliss-reactive ketones (excluding diaryl/α,β-unsaturated/α-hetero) is 1. The van der Waals surface area contributed by atoms with Crippen LogP contribution in [-0.2, 0) is 9.53 Å². The number of fused-ring (bicyclic) bond motifs is 1. The van der Waals surface area contributed by atoms with Crippen molar-refractivity contribution in [3.05, 3.63) is 0 Å². The molecule has 2 nitrogen and oxygen atoms in total. The number of methoxy groups -OCH3 is 1. The molecule has 4 atom stereocenters. The molecular weight excluding hydrogens is 224 g/mol. The van der Waals surface area contributed by atoms with Crippen LogP contribution in [0.15, 0.2) is 0 Å². The van der Waals surface area contributed by atoms with E-state index in [1.165, 1.54) is 38.5 Å². The molecule has 0 saturated heterocycles. The molecule has 18 heavy (non-hydrogen) atoms. The fourth-order valence-electron chi connectivity index (χ4n) is 4.09. The van der Waals surface area contributed by atoms with Gasteiger partial charge in [-0.3, -0.25) is 4.79 Å². The van der Waals surface area contributed by atoms with E-state index in [0.29, 0.717) is 11.9 Å². The molecule has 0 N–H and O–H groups in total. The van der Waals surface area contributed by atoms with Crippen molar-refractivity contribution in [1.29, 1.82) is 0 Å². The first-order valence-electron chi connectivity index (χ1n) is 7.79. The van der Waals surface area contributed by atoms with Gasteiger partial charge in [0.2, 0.25) is 0 Å². The minimum Gasteiger partial charge on any atom is -0.381 e. The Bertz CT molecular complexity index is 270. The summed E-state index contributed by atoms with van der Waals surface area (Å²) >= 11 is 0. The Morgan fingerprint density at radius 1 is 1.28 bits per heavy atom. The lowest BCUT2D eigenvalue weighted by Gasteiger charge is -2.18. The molecule has 104 valence electrons. The fourth-order valence-corrected chi connectivity index (χ4v) is 4.09. The number of ketones is 1. The van der Waals surface area contributed by atoms with Crippen molar-refractivity contribution in [3.63, 3.8) is 0 Å². The van der Waals surface area contributed by atoms with E-state index in [1.54, 1.807) is 0 Å². The maximum Gasteiger partial charge on any atom is 0.133 e. The molecule has 2 fully saturated rings. The van der Waals surface area contributed by atoms with E-state index in [2.05, 4.69) is 6.92 Å². The van der Waals surface area contributed by atoms with Crippen LogP contribution < -0.4 is 0 Å². The maximum absolute atomic E-state index is 11.5. The maximum atomic E-state index is 11.5. The molecule has 2 aliphatic rings. The SMILES string of the molecule is CCC(CCCC[C@H]1CC[C@@H]2CC(=O)C[C@H]12)OC. The first kappa shape index (κ1) is 14.0. The van der Waals surface area contributed by atoms with E-state index in [9.17, 15) is 4.79 Å². The van der Waals surface area contributed by atoms with Crippen molar-refractivity contribution < 1.29 is 9.53 Å². The first-order valence-corrected chi connectivity index (χ1v) is 7.79. The molecule has 2 saturated carbocycles. The Morgan fingerprint density at radius 3 is 2.83 bits per heavy atom. The van der Waals surface area contributed by atoms with Crippen LogP contribution in [0.4, 0.5) is 0 Å². The van der Waals surface area contributed by atoms with E-state index in [-0.39, 0.29) is 0 Å². The molecule has 0 heterocycles. The minimum absolute atomic E-state index is 0.453. The molecule has 1 unspecified atom stereocenters. The van der Waals surface area contributed by atoms with Crippen LogP contribution in [0.5, 0.6) is 0 Å². The second-order valence-corrected chi connectivity index (χ2v) is 6.26. The Morgan fingerprint density at radius 2 is 2.11 bits per heavy atom. The van der Waals surface area contributed by atoms with Crippen LogP contribution in [0.1, 0.15) is 64.7 Å². The molecule has 2 aliphatic carbocycles. The molecule has 0 aromatic heterocycles. The van der Waals surface area contributed by atoms with Gasteiger partial charge in [-0.15, -0.1) is 0 Å². The van der Waals surface area contributed by atoms with Crippen molar-refractivity contribution in [2.75, 3.05) is 7.11 Å². The summed E-state index contributed by atoms with van der Waals surface area (Å²) in [7, 11) is 1.82. The van der Waals surface area contributed by atoms with Crippen molar-refractivity contribution in [3.8, 4) is 0 Å². The highest BCUT2D eigenvalue weighted by Crippen LogP contribution is 2.47. The third kappa shape index (κ3) is 3.34. The normalized spacial score (nSPS) is 32.8. The smallest absolute Gasteiger partial charge is 0.133 e. The van der Waals surface area contributed by atoms with Gasteiger partial charge in [0.1, 0.15) is 5.78 Å². The molecular formula is C16H28O2. The molecule has 0 bridgehead atoms. The van der Waals surface area contributed by atoms with Crippen molar-refractivity contribution in [2.24, 2.45) is 17.8 Å². The quantitative estimate of drug-likeness (QED) is 0.641. The number of unbranched alkanes of at least 4 members (excludes halogenated alkanes) is 1. The Balaban J connectivity index is 1.64. The number of carbonyl (C=O) groups excluding carboxylic acids is 1. The number of rotatable bonds is 7. The highest BCUT2D eigenvalue weighted by atomic mass is 16.5. The summed E-state index contributed by atoms with van der Waals surface area (Å²) in [5.74, 6) is 2.89. The lowest BCUT2D eigenvalue weighted by molar-refractivity contribution is -0.118. The highest BCUT2D eigenvalue weighted by Gasteiger charge is 2.42. The number of carbonyl (C=O) groups is 1. The van der Waals surface area contributed by atoms with Crippen molar-refractivity contribution in [2.45, 2.75) is 70.8 Å². The monoisotopic (exact) mass is 252 g/mol. The van der Waals surface area contributed by atoms with Gasteiger partial charge in [0, 0.05) is 20.0 Å². The van der Waals surface area contributed by atoms with Gasteiger partial charge in [-0.1, -0.05) is 26.2 Å². The summed E-state index contributed by atoms with van der Waals surface area (Å²) in [6.45, 7) is 2.19. The van der Waals surface area contributed by atoms with Gasteiger partial charge < -0.3 is 4.74 Å². The van der Waals surface area contributed by atoms with Crippen LogP contribution in [0.25, 0.3) is 0 Å². The zero-order valence-corrected chi connectivity index (χ0v) is 12.0. The summed E-state index contributed by atoms with van der Waals surface area (Å²) in [5.41, 5.74) is 0. The molecule has 0 amide bonds. The first-order chi connectivity index (χ1) is 8.74. The average Bonchev–Trinajstić information content (AvgIpc) is 2.89. The Kier molecular flexibility index (Phi) is 5.23. The largest absolute Gasteiger partial charge is 0.381 e. The summed E-state index contributed by atoms with van der Waals surface area (Å²) in [5, 5.41) is 0. The van der Waals surface area contributed by atoms with E-state index < -0.39 is 0 Å². The minimum atomic E-state index is 0.453. The summed E-state index contributed by atoms with van der Waals surface area (Å²) in [6.07, 6.45) is 11.2. The van der Waals surface area contributed by atoms with Gasteiger partial charge >= 0.3 is 0 Å². The zero-order chi connectivity index (χ0) is 13.0. The zero-order valence-electron chi connectivity index (χ0n) is 12.0. The lowest BCUT2D eigenvalue weighted by atomic mass is 9.88. The molecule has 0 aromatic carbocycles. The molecule has 0 spiro atoms. The second-order valence-electron chi connectivity index (χ2n) is 6.26. The van der Waals surface area contributed by atoms with Crippen LogP contribution in [-0.4, -0.2) is 19.0 Å². The van der Waals surface area contributed by atoms with Gasteiger partial charge in [-0.2, -0.15) is 0 Å². The van der Waals surface area contributed by atoms with E-state index in [1.807, 2.05) is 7.11 Å². The van der Waals surface area contributed by atoms with E-state index >= 15 is 0 Å². The molecule has 2 rings (SSSR count). The predicted octanol–water partition coefficient (Wildman–Crippen LogP) is 3.98. The van der Waals surface area contributed by atoms with Gasteiger partial charge in [-0.05, 0) is 43.4 Å². The Labute approximate surface area is 111 Å². The fraction of sp³-hybridized carbons (Fsp3) is 0.938. The topological polar surface area (TPSA) is 26.3 Å². The molecule has 0 aliphatic heterocycles. The number of hydrogen-bond donors (Lipinski definition) is 0. The molecule has 0 aromatic rings. The second kappa shape index (κ2) is 6.70. The summed E-state index contributed by atoms with van der Waals surface area (Å²) in [4.78, 5) is 11.5. The van der Waals surface area contributed by atoms with Crippen LogP contribution in [0.2, 0.25) is 0 Å². The average molecular weight is 252 g/mol. The third-order valence-corrected chi connectivity index (χ3v) is 5.21. The van der Waals surface area contributed by atoms with Gasteiger partial charge in [-0.25, -0.2) is 0 Å². The van der Waals surface area contributed by atoms with E-state index in [0.717, 1.165) is 37.0 Å². The highest BCUT2D eigenvalue weighted by molar-refractivity contribution is 5.81. The summed E-state index contributed by atoms with van der Waals surface area (Å²) in [6, 6.07) is 0. The van der Waals surface area contributed by atoms with Crippen molar-refractivity contribution in [1.82, 2.24) is 0 Å². The molecule has 0 radical (unpaired) electrons. The summed E-state index contributed by atoms with van der Waals surface area (Å²) < 4.78 is 5.41. The Hall–Kier alpha value is -0.370.